The zero-order chi connectivity index (χ0) is 8.55. The van der Waals surface area contributed by atoms with Crippen molar-refractivity contribution in [3.63, 3.8) is 0 Å². The summed E-state index contributed by atoms with van der Waals surface area (Å²) in [4.78, 5) is 7.01. The van der Waals surface area contributed by atoms with Crippen molar-refractivity contribution in [2.75, 3.05) is 0 Å². The molecule has 0 aliphatic heterocycles. The molecule has 0 aromatic carbocycles. The molecular weight excluding hydrogens is 150 g/mol. The predicted molar refractivity (Wildman–Crippen MR) is 45.5 cm³/mol. The third kappa shape index (κ3) is 0.857. The van der Waals surface area contributed by atoms with E-state index in [2.05, 4.69) is 9.97 Å². The topological polar surface area (TPSA) is 52.5 Å². The molecule has 2 aromatic heterocycles. The van der Waals surface area contributed by atoms with E-state index in [9.17, 15) is 0 Å². The Balaban J connectivity index is 2.82. The third-order valence-electron chi connectivity index (χ3n) is 1.89. The number of aromatic nitrogens is 2. The molecule has 0 aliphatic rings. The highest BCUT2D eigenvalue weighted by atomic mass is 14.7. The highest BCUT2D eigenvalue weighted by Crippen LogP contribution is 2.16. The van der Waals surface area contributed by atoms with Crippen molar-refractivity contribution in [3.05, 3.63) is 29.7 Å². The van der Waals surface area contributed by atoms with Gasteiger partial charge in [-0.05, 0) is 18.6 Å². The largest absolute Gasteiger partial charge is 0.360 e. The van der Waals surface area contributed by atoms with Gasteiger partial charge in [0, 0.05) is 11.6 Å². The van der Waals surface area contributed by atoms with Crippen LogP contribution in [0.1, 0.15) is 11.3 Å². The lowest BCUT2D eigenvalue weighted by Crippen LogP contribution is -1.80. The molecule has 1 N–H and O–H groups in total. The molecule has 3 heteroatoms. The normalized spacial score (nSPS) is 10.0. The maximum Gasteiger partial charge on any atom is 0.141 e. The second kappa shape index (κ2) is 2.35. The van der Waals surface area contributed by atoms with E-state index in [1.54, 1.807) is 12.3 Å². The molecule has 0 atom stereocenters. The fourth-order valence-corrected chi connectivity index (χ4v) is 1.22. The first-order valence-electron chi connectivity index (χ1n) is 3.65. The first kappa shape index (κ1) is 6.86. The molecule has 0 unspecified atom stereocenters. The average molecular weight is 157 g/mol. The van der Waals surface area contributed by atoms with E-state index in [4.69, 9.17) is 5.26 Å². The highest BCUT2D eigenvalue weighted by molar-refractivity contribution is 5.82. The van der Waals surface area contributed by atoms with Gasteiger partial charge in [0.2, 0.25) is 0 Å². The molecule has 0 aliphatic carbocycles. The minimum Gasteiger partial charge on any atom is -0.360 e. The Morgan fingerprint density at radius 1 is 1.58 bits per heavy atom. The van der Waals surface area contributed by atoms with Gasteiger partial charge >= 0.3 is 0 Å². The minimum absolute atomic E-state index is 0.463. The van der Waals surface area contributed by atoms with Gasteiger partial charge in [0.05, 0.1) is 11.7 Å². The Morgan fingerprint density at radius 3 is 3.17 bits per heavy atom. The van der Waals surface area contributed by atoms with Crippen molar-refractivity contribution in [3.8, 4) is 6.07 Å². The Labute approximate surface area is 69.7 Å². The number of nitrogens with zero attached hydrogens (tertiary/aromatic N) is 2. The van der Waals surface area contributed by atoms with Crippen LogP contribution < -0.4 is 0 Å². The van der Waals surface area contributed by atoms with Crippen LogP contribution in [-0.4, -0.2) is 9.97 Å². The molecule has 0 amide bonds. The summed E-state index contributed by atoms with van der Waals surface area (Å²) in [6.07, 6.45) is 3.59. The fraction of sp³-hybridized carbons (Fsp3) is 0.111. The lowest BCUT2D eigenvalue weighted by atomic mass is 10.2. The monoisotopic (exact) mass is 157 g/mol. The van der Waals surface area contributed by atoms with E-state index in [1.165, 1.54) is 0 Å². The van der Waals surface area contributed by atoms with Gasteiger partial charge in [0.15, 0.2) is 0 Å². The van der Waals surface area contributed by atoms with Gasteiger partial charge in [-0.25, -0.2) is 4.98 Å². The molecule has 2 heterocycles. The number of aromatic amines is 1. The van der Waals surface area contributed by atoms with Gasteiger partial charge in [-0.1, -0.05) is 0 Å². The van der Waals surface area contributed by atoms with Crippen molar-refractivity contribution in [2.45, 2.75) is 6.92 Å². The van der Waals surface area contributed by atoms with Gasteiger partial charge < -0.3 is 4.98 Å². The summed E-state index contributed by atoms with van der Waals surface area (Å²) in [5.41, 5.74) is 2.58. The van der Waals surface area contributed by atoms with Crippen molar-refractivity contribution < 1.29 is 0 Å². The van der Waals surface area contributed by atoms with Crippen LogP contribution in [0.4, 0.5) is 0 Å². The zero-order valence-corrected chi connectivity index (χ0v) is 6.63. The summed E-state index contributed by atoms with van der Waals surface area (Å²) in [5.74, 6) is 0. The lowest BCUT2D eigenvalue weighted by Gasteiger charge is -1.90. The van der Waals surface area contributed by atoms with Crippen LogP contribution in [0.3, 0.4) is 0 Å². The van der Waals surface area contributed by atoms with Crippen LogP contribution in [0.25, 0.3) is 10.9 Å². The number of fused-ring (bicyclic) bond motifs is 1. The van der Waals surface area contributed by atoms with E-state index >= 15 is 0 Å². The molecule has 0 fully saturated rings. The van der Waals surface area contributed by atoms with E-state index in [0.717, 1.165) is 16.5 Å². The highest BCUT2D eigenvalue weighted by Gasteiger charge is 2.00. The van der Waals surface area contributed by atoms with E-state index in [1.807, 2.05) is 19.2 Å². The van der Waals surface area contributed by atoms with Gasteiger partial charge in [0.25, 0.3) is 0 Å². The summed E-state index contributed by atoms with van der Waals surface area (Å²) in [5, 5.41) is 9.67. The first-order chi connectivity index (χ1) is 5.81. The summed E-state index contributed by atoms with van der Waals surface area (Å²) < 4.78 is 0. The van der Waals surface area contributed by atoms with Crippen molar-refractivity contribution in [2.24, 2.45) is 0 Å². The molecule has 0 spiro atoms. The Bertz CT molecular complexity index is 462. The number of aryl methyl sites for hydroxylation is 1. The molecule has 2 rings (SSSR count). The number of hydrogen-bond acceptors (Lipinski definition) is 2. The second-order valence-corrected chi connectivity index (χ2v) is 2.70. The third-order valence-corrected chi connectivity index (χ3v) is 1.89. The van der Waals surface area contributed by atoms with Crippen LogP contribution in [0, 0.1) is 18.3 Å². The fourth-order valence-electron chi connectivity index (χ4n) is 1.22. The van der Waals surface area contributed by atoms with Gasteiger partial charge in [0.1, 0.15) is 11.8 Å². The number of pyridine rings is 1. The average Bonchev–Trinajstić information content (AvgIpc) is 2.47. The van der Waals surface area contributed by atoms with E-state index < -0.39 is 0 Å². The zero-order valence-electron chi connectivity index (χ0n) is 6.63. The number of nitrogens with one attached hydrogen (secondary N) is 1. The molecule has 3 nitrogen and oxygen atoms in total. The van der Waals surface area contributed by atoms with Crippen molar-refractivity contribution >= 4 is 10.9 Å². The molecule has 12 heavy (non-hydrogen) atoms. The predicted octanol–water partition coefficient (Wildman–Crippen LogP) is 1.74. The molecule has 2 aromatic rings. The smallest absolute Gasteiger partial charge is 0.141 e. The summed E-state index contributed by atoms with van der Waals surface area (Å²) in [7, 11) is 0. The lowest BCUT2D eigenvalue weighted by molar-refractivity contribution is 1.28. The second-order valence-electron chi connectivity index (χ2n) is 2.70. The Morgan fingerprint density at radius 2 is 2.42 bits per heavy atom. The first-order valence-corrected chi connectivity index (χ1v) is 3.65. The van der Waals surface area contributed by atoms with E-state index in [0.29, 0.717) is 5.69 Å². The summed E-state index contributed by atoms with van der Waals surface area (Å²) >= 11 is 0. The molecule has 0 saturated heterocycles. The van der Waals surface area contributed by atoms with Crippen molar-refractivity contribution in [1.29, 1.82) is 5.26 Å². The van der Waals surface area contributed by atoms with Crippen LogP contribution in [0.5, 0.6) is 0 Å². The maximum absolute atomic E-state index is 8.60. The summed E-state index contributed by atoms with van der Waals surface area (Å²) in [6.45, 7) is 2.00. The number of H-pyrrole nitrogens is 1. The molecule has 58 valence electrons. The minimum atomic E-state index is 0.463. The molecule has 0 bridgehead atoms. The van der Waals surface area contributed by atoms with E-state index in [-0.39, 0.29) is 0 Å². The van der Waals surface area contributed by atoms with Gasteiger partial charge in [-0.3, -0.25) is 0 Å². The van der Waals surface area contributed by atoms with Gasteiger partial charge in [-0.15, -0.1) is 0 Å². The molecule has 0 saturated carbocycles. The Kier molecular flexibility index (Phi) is 1.34. The quantitative estimate of drug-likeness (QED) is 0.633. The number of hydrogen-bond donors (Lipinski definition) is 1. The maximum atomic E-state index is 8.60. The molecule has 0 radical (unpaired) electrons. The summed E-state index contributed by atoms with van der Waals surface area (Å²) in [6, 6.07) is 3.80. The van der Waals surface area contributed by atoms with Crippen LogP contribution in [0.2, 0.25) is 0 Å². The standard InChI is InChI=1S/C9H7N3/c1-6-4-12-9-5-11-7(3-10)2-8(6)9/h2,4-5,12H,1H3. The van der Waals surface area contributed by atoms with Gasteiger partial charge in [-0.2, -0.15) is 5.26 Å². The SMILES string of the molecule is Cc1c[nH]c2cnc(C#N)cc12. The van der Waals surface area contributed by atoms with Crippen LogP contribution in [0.15, 0.2) is 18.5 Å². The van der Waals surface area contributed by atoms with Crippen LogP contribution >= 0.6 is 0 Å². The molecular formula is C9H7N3. The Hall–Kier alpha value is -1.82. The number of rotatable bonds is 0. The van der Waals surface area contributed by atoms with Crippen molar-refractivity contribution in [1.82, 2.24) is 9.97 Å². The number of nitriles is 1. The van der Waals surface area contributed by atoms with Crippen LogP contribution in [-0.2, 0) is 0 Å².